The predicted molar refractivity (Wildman–Crippen MR) is 119 cm³/mol. The third-order valence-corrected chi connectivity index (χ3v) is 7.32. The molecular weight excluding hydrogens is 444 g/mol. The summed E-state index contributed by atoms with van der Waals surface area (Å²) in [6, 6.07) is 20.0. The van der Waals surface area contributed by atoms with E-state index in [2.05, 4.69) is 4.72 Å². The van der Waals surface area contributed by atoms with E-state index in [4.69, 9.17) is 21.8 Å². The summed E-state index contributed by atoms with van der Waals surface area (Å²) in [7, 11) is -5.63. The van der Waals surface area contributed by atoms with Crippen LogP contribution in [0.25, 0.3) is 11.0 Å². The number of rotatable bonds is 6. The minimum Gasteiger partial charge on any atom is -0.443 e. The second-order valence-corrected chi connectivity index (χ2v) is 10.0. The van der Waals surface area contributed by atoms with Crippen molar-refractivity contribution in [1.29, 1.82) is 0 Å². The number of anilines is 2. The molecule has 1 heterocycles. The molecule has 0 aliphatic carbocycles. The smallest absolute Gasteiger partial charge is 0.295 e. The second kappa shape index (κ2) is 8.14. The molecule has 6 nitrogen and oxygen atoms in total. The van der Waals surface area contributed by atoms with E-state index in [1.807, 2.05) is 0 Å². The van der Waals surface area contributed by atoms with E-state index in [-0.39, 0.29) is 16.5 Å². The number of fused-ring (bicyclic) bond motifs is 1. The van der Waals surface area contributed by atoms with Crippen LogP contribution in [0.3, 0.4) is 0 Å². The first-order chi connectivity index (χ1) is 14.3. The molecule has 1 unspecified atom stereocenters. The molecule has 0 fully saturated rings. The Kier molecular flexibility index (Phi) is 5.55. The lowest BCUT2D eigenvalue weighted by atomic mass is 10.2. The molecule has 4 rings (SSSR count). The van der Waals surface area contributed by atoms with Gasteiger partial charge in [-0.2, -0.15) is 8.42 Å². The molecule has 0 aliphatic heterocycles. The molecule has 0 amide bonds. The molecule has 0 saturated carbocycles. The van der Waals surface area contributed by atoms with Crippen LogP contribution < -0.4 is 10.5 Å². The molecular formula is C21H17ClN2O4S2. The van der Waals surface area contributed by atoms with Crippen molar-refractivity contribution >= 4 is 54.8 Å². The fourth-order valence-corrected chi connectivity index (χ4v) is 5.50. The van der Waals surface area contributed by atoms with Gasteiger partial charge in [-0.15, -0.1) is 0 Å². The van der Waals surface area contributed by atoms with Crippen LogP contribution in [0.5, 0.6) is 0 Å². The summed E-state index contributed by atoms with van der Waals surface area (Å²) in [6.07, 6.45) is 0. The zero-order chi connectivity index (χ0) is 21.3. The Morgan fingerprint density at radius 1 is 1.00 bits per heavy atom. The number of furan rings is 1. The van der Waals surface area contributed by atoms with E-state index >= 15 is 0 Å². The van der Waals surface area contributed by atoms with Gasteiger partial charge in [0.2, 0.25) is 5.09 Å². The second-order valence-electron chi connectivity index (χ2n) is 6.54. The molecule has 3 N–H and O–H groups in total. The molecule has 30 heavy (non-hydrogen) atoms. The van der Waals surface area contributed by atoms with Gasteiger partial charge >= 0.3 is 0 Å². The predicted octanol–water partition coefficient (Wildman–Crippen LogP) is 4.78. The van der Waals surface area contributed by atoms with Crippen molar-refractivity contribution < 1.29 is 17.0 Å². The molecule has 4 aromatic rings. The summed E-state index contributed by atoms with van der Waals surface area (Å²) in [6.45, 7) is 0. The number of hydrogen-bond acceptors (Lipinski definition) is 5. The molecule has 0 spiro atoms. The van der Waals surface area contributed by atoms with Crippen LogP contribution in [0.1, 0.15) is 5.56 Å². The number of sulfonamides is 1. The Balaban J connectivity index is 1.68. The van der Waals surface area contributed by atoms with Crippen LogP contribution in [-0.2, 0) is 26.6 Å². The van der Waals surface area contributed by atoms with Crippen LogP contribution in [0.2, 0.25) is 5.02 Å². The molecule has 0 saturated heterocycles. The summed E-state index contributed by atoms with van der Waals surface area (Å²) >= 11 is 6.07. The Labute approximate surface area is 181 Å². The van der Waals surface area contributed by atoms with Crippen molar-refractivity contribution in [1.82, 2.24) is 0 Å². The Bertz CT molecular complexity index is 1330. The first kappa shape index (κ1) is 20.5. The number of halogens is 1. The van der Waals surface area contributed by atoms with Crippen LogP contribution in [0.4, 0.5) is 11.4 Å². The molecule has 0 bridgehead atoms. The van der Waals surface area contributed by atoms with Gasteiger partial charge in [-0.1, -0.05) is 48.0 Å². The number of para-hydroxylation sites is 2. The summed E-state index contributed by atoms with van der Waals surface area (Å²) < 4.78 is 46.7. The average Bonchev–Trinajstić information content (AvgIpc) is 3.15. The van der Waals surface area contributed by atoms with E-state index in [1.54, 1.807) is 54.6 Å². The third-order valence-electron chi connectivity index (χ3n) is 4.44. The average molecular weight is 461 g/mol. The maximum atomic E-state index is 13.0. The summed E-state index contributed by atoms with van der Waals surface area (Å²) in [5.74, 6) is 0.133. The minimum atomic E-state index is -4.06. The van der Waals surface area contributed by atoms with Crippen molar-refractivity contribution in [3.8, 4) is 0 Å². The van der Waals surface area contributed by atoms with Crippen LogP contribution >= 0.6 is 11.6 Å². The fourth-order valence-electron chi connectivity index (χ4n) is 2.95. The number of nitrogens with one attached hydrogen (secondary N) is 1. The number of nitrogens with two attached hydrogens (primary N) is 1. The lowest BCUT2D eigenvalue weighted by Gasteiger charge is -2.12. The lowest BCUT2D eigenvalue weighted by Crippen LogP contribution is -2.14. The van der Waals surface area contributed by atoms with Crippen molar-refractivity contribution in [2.75, 3.05) is 10.5 Å². The summed E-state index contributed by atoms with van der Waals surface area (Å²) in [5, 5.41) is 0.720. The van der Waals surface area contributed by atoms with E-state index in [9.17, 15) is 12.6 Å². The lowest BCUT2D eigenvalue weighted by molar-refractivity contribution is 0.484. The van der Waals surface area contributed by atoms with E-state index < -0.39 is 20.8 Å². The van der Waals surface area contributed by atoms with Crippen LogP contribution in [0, 0.1) is 0 Å². The van der Waals surface area contributed by atoms with Crippen LogP contribution in [0.15, 0.2) is 87.2 Å². The molecule has 9 heteroatoms. The van der Waals surface area contributed by atoms with Gasteiger partial charge in [0.1, 0.15) is 5.58 Å². The highest BCUT2D eigenvalue weighted by atomic mass is 35.5. The van der Waals surface area contributed by atoms with E-state index in [0.717, 1.165) is 0 Å². The maximum Gasteiger partial charge on any atom is 0.295 e. The van der Waals surface area contributed by atoms with Gasteiger partial charge < -0.3 is 10.2 Å². The monoisotopic (exact) mass is 460 g/mol. The Morgan fingerprint density at radius 3 is 2.50 bits per heavy atom. The van der Waals surface area contributed by atoms with Crippen molar-refractivity contribution in [3.63, 3.8) is 0 Å². The van der Waals surface area contributed by atoms with Crippen molar-refractivity contribution in [2.45, 2.75) is 15.7 Å². The highest BCUT2D eigenvalue weighted by molar-refractivity contribution is 7.92. The zero-order valence-electron chi connectivity index (χ0n) is 15.5. The van der Waals surface area contributed by atoms with Crippen molar-refractivity contribution in [2.24, 2.45) is 0 Å². The SMILES string of the molecule is Nc1ccccc1CS(=O)c1ccc(Cl)cc1NS(=O)(=O)c1cc2ccccc2o1. The highest BCUT2D eigenvalue weighted by Gasteiger charge is 2.23. The van der Waals surface area contributed by atoms with Gasteiger partial charge in [0.05, 0.1) is 27.1 Å². The molecule has 3 aromatic carbocycles. The largest absolute Gasteiger partial charge is 0.443 e. The fraction of sp³-hybridized carbons (Fsp3) is 0.0476. The van der Waals surface area contributed by atoms with Gasteiger partial charge in [-0.25, -0.2) is 0 Å². The first-order valence-electron chi connectivity index (χ1n) is 8.86. The normalized spacial score (nSPS) is 12.7. The Morgan fingerprint density at radius 2 is 1.73 bits per heavy atom. The molecule has 154 valence electrons. The first-order valence-corrected chi connectivity index (χ1v) is 12.0. The minimum absolute atomic E-state index is 0.121. The highest BCUT2D eigenvalue weighted by Crippen LogP contribution is 2.30. The van der Waals surface area contributed by atoms with Gasteiger partial charge in [0.25, 0.3) is 10.0 Å². The Hall–Kier alpha value is -2.81. The third kappa shape index (κ3) is 4.21. The standard InChI is InChI=1S/C21H17ClN2O4S2/c22-16-9-10-20(29(25)13-15-6-1-3-7-17(15)23)18(12-16)24-30(26,27)21-11-14-5-2-4-8-19(14)28-21/h1-12,24H,13,23H2. The van der Waals surface area contributed by atoms with E-state index in [1.165, 1.54) is 18.2 Å². The van der Waals surface area contributed by atoms with Gasteiger partial charge in [0.15, 0.2) is 0 Å². The topological polar surface area (TPSA) is 102 Å². The number of hydrogen-bond donors (Lipinski definition) is 2. The quantitative estimate of drug-likeness (QED) is 0.403. The summed E-state index contributed by atoms with van der Waals surface area (Å²) in [5.41, 5.74) is 7.74. The molecule has 1 atom stereocenters. The maximum absolute atomic E-state index is 13.0. The molecule has 1 aromatic heterocycles. The van der Waals surface area contributed by atoms with Crippen LogP contribution in [-0.4, -0.2) is 12.6 Å². The van der Waals surface area contributed by atoms with Gasteiger partial charge in [0, 0.05) is 22.2 Å². The number of nitrogen functional groups attached to an aromatic ring is 1. The number of benzene rings is 3. The zero-order valence-corrected chi connectivity index (χ0v) is 17.9. The molecule has 0 aliphatic rings. The molecule has 0 radical (unpaired) electrons. The van der Waals surface area contributed by atoms with E-state index in [0.29, 0.717) is 32.1 Å². The van der Waals surface area contributed by atoms with Gasteiger partial charge in [-0.05, 0) is 35.9 Å². The summed E-state index contributed by atoms with van der Waals surface area (Å²) in [4.78, 5) is 0.294. The van der Waals surface area contributed by atoms with Crippen molar-refractivity contribution in [3.05, 3.63) is 83.4 Å². The van der Waals surface area contributed by atoms with Gasteiger partial charge in [-0.3, -0.25) is 8.93 Å².